The fraction of sp³-hybridized carbons (Fsp3) is 0.476. The minimum absolute atomic E-state index is 0.0199. The van der Waals surface area contributed by atoms with Crippen LogP contribution in [0.5, 0.6) is 6.01 Å². The molecule has 0 bridgehead atoms. The predicted molar refractivity (Wildman–Crippen MR) is 111 cm³/mol. The molecule has 0 atom stereocenters. The highest BCUT2D eigenvalue weighted by atomic mass is 32.2. The summed E-state index contributed by atoms with van der Waals surface area (Å²) in [6.45, 7) is 2.27. The number of nitrogens with zero attached hydrogens (tertiary/aromatic N) is 4. The second kappa shape index (κ2) is 9.09. The van der Waals surface area contributed by atoms with E-state index in [1.165, 1.54) is 4.31 Å². The molecule has 0 aliphatic carbocycles. The van der Waals surface area contributed by atoms with E-state index in [1.54, 1.807) is 47.6 Å². The second-order valence-corrected chi connectivity index (χ2v) is 9.57. The van der Waals surface area contributed by atoms with E-state index in [0.29, 0.717) is 50.6 Å². The van der Waals surface area contributed by atoms with Crippen LogP contribution in [0.2, 0.25) is 0 Å². The number of rotatable bonds is 5. The molecule has 3 heterocycles. The third-order valence-electron chi connectivity index (χ3n) is 5.60. The number of likely N-dealkylation sites (tertiary alicyclic amines) is 1. The Hall–Kier alpha value is -2.52. The molecule has 160 valence electrons. The molecule has 2 aliphatic rings. The smallest absolute Gasteiger partial charge is 0.316 e. The minimum atomic E-state index is -3.49. The zero-order valence-electron chi connectivity index (χ0n) is 16.8. The Morgan fingerprint density at radius 1 is 0.933 bits per heavy atom. The predicted octanol–water partition coefficient (Wildman–Crippen LogP) is 2.33. The van der Waals surface area contributed by atoms with Crippen molar-refractivity contribution in [2.24, 2.45) is 0 Å². The first-order valence-electron chi connectivity index (χ1n) is 10.4. The number of carbonyl (C=O) groups is 1. The summed E-state index contributed by atoms with van der Waals surface area (Å²) in [6.07, 6.45) is 7.51. The topological polar surface area (TPSA) is 92.7 Å². The van der Waals surface area contributed by atoms with Gasteiger partial charge in [-0.25, -0.2) is 18.4 Å². The largest absolute Gasteiger partial charge is 0.460 e. The number of hydrogen-bond acceptors (Lipinski definition) is 6. The summed E-state index contributed by atoms with van der Waals surface area (Å²) in [5.74, 6) is -0.0914. The number of piperidine rings is 2. The Morgan fingerprint density at radius 2 is 1.57 bits per heavy atom. The molecule has 2 aliphatic heterocycles. The zero-order valence-corrected chi connectivity index (χ0v) is 17.6. The van der Waals surface area contributed by atoms with Gasteiger partial charge in [-0.05, 0) is 43.2 Å². The molecule has 0 spiro atoms. The molecule has 1 amide bonds. The van der Waals surface area contributed by atoms with Gasteiger partial charge in [0, 0.05) is 57.0 Å². The van der Waals surface area contributed by atoms with Gasteiger partial charge in [0.15, 0.2) is 0 Å². The van der Waals surface area contributed by atoms with Gasteiger partial charge in [-0.15, -0.1) is 0 Å². The molecular weight excluding hydrogens is 404 g/mol. The van der Waals surface area contributed by atoms with Crippen LogP contribution in [-0.4, -0.2) is 65.8 Å². The van der Waals surface area contributed by atoms with Crippen LogP contribution in [0.25, 0.3) is 0 Å². The van der Waals surface area contributed by atoms with Gasteiger partial charge in [-0.1, -0.05) is 6.42 Å². The van der Waals surface area contributed by atoms with Gasteiger partial charge < -0.3 is 9.64 Å². The molecule has 0 radical (unpaired) electrons. The van der Waals surface area contributed by atoms with Gasteiger partial charge in [0.2, 0.25) is 10.0 Å². The van der Waals surface area contributed by atoms with Crippen molar-refractivity contribution in [1.82, 2.24) is 19.2 Å². The lowest BCUT2D eigenvalue weighted by Crippen LogP contribution is -2.42. The van der Waals surface area contributed by atoms with Crippen LogP contribution in [-0.2, 0) is 10.0 Å². The van der Waals surface area contributed by atoms with Crippen molar-refractivity contribution in [3.63, 3.8) is 0 Å². The molecule has 1 aromatic carbocycles. The Bertz CT molecular complexity index is 952. The van der Waals surface area contributed by atoms with Crippen LogP contribution < -0.4 is 4.74 Å². The first-order valence-corrected chi connectivity index (χ1v) is 11.8. The highest BCUT2D eigenvalue weighted by molar-refractivity contribution is 7.89. The molecule has 2 saturated heterocycles. The Labute approximate surface area is 176 Å². The van der Waals surface area contributed by atoms with Crippen LogP contribution in [0.3, 0.4) is 0 Å². The van der Waals surface area contributed by atoms with Gasteiger partial charge in [-0.2, -0.15) is 4.31 Å². The number of hydrogen-bond donors (Lipinski definition) is 0. The number of carbonyl (C=O) groups excluding carboxylic acids is 1. The quantitative estimate of drug-likeness (QED) is 0.723. The molecule has 4 rings (SSSR count). The van der Waals surface area contributed by atoms with Crippen LogP contribution in [0, 0.1) is 0 Å². The van der Waals surface area contributed by atoms with E-state index in [4.69, 9.17) is 4.74 Å². The van der Waals surface area contributed by atoms with Crippen LogP contribution in [0.4, 0.5) is 0 Å². The third kappa shape index (κ3) is 4.62. The molecule has 0 unspecified atom stereocenters. The first kappa shape index (κ1) is 20.7. The summed E-state index contributed by atoms with van der Waals surface area (Å²) in [6, 6.07) is 8.39. The van der Waals surface area contributed by atoms with Crippen molar-refractivity contribution in [1.29, 1.82) is 0 Å². The SMILES string of the molecule is O=C(c1ccc(S(=O)(=O)N2CCCCC2)cc1)N1CCC(Oc2ncccn2)CC1. The van der Waals surface area contributed by atoms with Crippen molar-refractivity contribution in [3.05, 3.63) is 48.3 Å². The molecular formula is C21H26N4O4S. The lowest BCUT2D eigenvalue weighted by molar-refractivity contribution is 0.0578. The molecule has 0 N–H and O–H groups in total. The average Bonchev–Trinajstić information content (AvgIpc) is 2.80. The lowest BCUT2D eigenvalue weighted by atomic mass is 10.1. The van der Waals surface area contributed by atoms with Crippen LogP contribution >= 0.6 is 0 Å². The van der Waals surface area contributed by atoms with Gasteiger partial charge in [0.25, 0.3) is 5.91 Å². The van der Waals surface area contributed by atoms with Gasteiger partial charge in [-0.3, -0.25) is 4.79 Å². The number of amides is 1. The summed E-state index contributed by atoms with van der Waals surface area (Å²) in [4.78, 5) is 23.0. The van der Waals surface area contributed by atoms with E-state index in [1.807, 2.05) is 0 Å². The van der Waals surface area contributed by atoms with Crippen molar-refractivity contribution in [3.8, 4) is 6.01 Å². The van der Waals surface area contributed by atoms with E-state index in [0.717, 1.165) is 19.3 Å². The molecule has 1 aromatic heterocycles. The molecule has 2 fully saturated rings. The standard InChI is InChI=1S/C21H26N4O4S/c26-20(24-15-9-18(10-16-24)29-21-22-11-4-12-23-21)17-5-7-19(8-6-17)30(27,28)25-13-2-1-3-14-25/h4-8,11-12,18H,1-3,9-10,13-16H2. The maximum Gasteiger partial charge on any atom is 0.316 e. The Balaban J connectivity index is 1.35. The fourth-order valence-corrected chi connectivity index (χ4v) is 5.40. The molecule has 30 heavy (non-hydrogen) atoms. The van der Waals surface area contributed by atoms with Crippen molar-refractivity contribution < 1.29 is 17.9 Å². The van der Waals surface area contributed by atoms with E-state index >= 15 is 0 Å². The zero-order chi connectivity index (χ0) is 21.0. The van der Waals surface area contributed by atoms with Gasteiger partial charge in [0.1, 0.15) is 6.10 Å². The van der Waals surface area contributed by atoms with E-state index in [2.05, 4.69) is 9.97 Å². The lowest BCUT2D eigenvalue weighted by Gasteiger charge is -2.31. The molecule has 2 aromatic rings. The van der Waals surface area contributed by atoms with Crippen molar-refractivity contribution in [2.75, 3.05) is 26.2 Å². The van der Waals surface area contributed by atoms with Gasteiger partial charge >= 0.3 is 6.01 Å². The molecule has 9 heteroatoms. The van der Waals surface area contributed by atoms with Crippen LogP contribution in [0.1, 0.15) is 42.5 Å². The maximum absolute atomic E-state index is 12.8. The number of ether oxygens (including phenoxy) is 1. The summed E-state index contributed by atoms with van der Waals surface area (Å²) in [7, 11) is -3.49. The molecule has 8 nitrogen and oxygen atoms in total. The summed E-state index contributed by atoms with van der Waals surface area (Å²) in [5, 5.41) is 0. The van der Waals surface area contributed by atoms with Crippen molar-refractivity contribution >= 4 is 15.9 Å². The van der Waals surface area contributed by atoms with Crippen molar-refractivity contribution in [2.45, 2.75) is 43.1 Å². The molecule has 0 saturated carbocycles. The number of sulfonamides is 1. The highest BCUT2D eigenvalue weighted by Crippen LogP contribution is 2.22. The summed E-state index contributed by atoms with van der Waals surface area (Å²) < 4.78 is 32.8. The van der Waals surface area contributed by atoms with Crippen LogP contribution in [0.15, 0.2) is 47.6 Å². The average molecular weight is 431 g/mol. The van der Waals surface area contributed by atoms with E-state index in [-0.39, 0.29) is 16.9 Å². The third-order valence-corrected chi connectivity index (χ3v) is 7.51. The minimum Gasteiger partial charge on any atom is -0.460 e. The normalized spacial score (nSPS) is 18.9. The number of benzene rings is 1. The fourth-order valence-electron chi connectivity index (χ4n) is 3.88. The van der Waals surface area contributed by atoms with Gasteiger partial charge in [0.05, 0.1) is 4.90 Å². The van der Waals surface area contributed by atoms with E-state index < -0.39 is 10.0 Å². The Kier molecular flexibility index (Phi) is 6.29. The van der Waals surface area contributed by atoms with E-state index in [9.17, 15) is 13.2 Å². The summed E-state index contributed by atoms with van der Waals surface area (Å²) >= 11 is 0. The highest BCUT2D eigenvalue weighted by Gasteiger charge is 2.28. The maximum atomic E-state index is 12.8. The number of aromatic nitrogens is 2. The monoisotopic (exact) mass is 430 g/mol. The summed E-state index contributed by atoms with van der Waals surface area (Å²) in [5.41, 5.74) is 0.498. The Morgan fingerprint density at radius 3 is 2.20 bits per heavy atom. The first-order chi connectivity index (χ1) is 14.5. The second-order valence-electron chi connectivity index (χ2n) is 7.63.